The van der Waals surface area contributed by atoms with E-state index in [0.717, 1.165) is 21.3 Å². The molecule has 0 atom stereocenters. The number of ether oxygens (including phenoxy) is 1. The lowest BCUT2D eigenvalue weighted by Crippen LogP contribution is -1.86. The van der Waals surface area contributed by atoms with Gasteiger partial charge in [0.2, 0.25) is 0 Å². The first-order valence-electron chi connectivity index (χ1n) is 5.95. The first kappa shape index (κ1) is 12.7. The smallest absolute Gasteiger partial charge is 0.118 e. The van der Waals surface area contributed by atoms with Crippen LogP contribution in [-0.2, 0) is 0 Å². The fourth-order valence-corrected chi connectivity index (χ4v) is 2.42. The van der Waals surface area contributed by atoms with Crippen molar-refractivity contribution in [3.05, 3.63) is 52.6 Å². The van der Waals surface area contributed by atoms with E-state index in [1.807, 2.05) is 42.6 Å². The summed E-state index contributed by atoms with van der Waals surface area (Å²) >= 11 is 3.41. The Hall–Kier alpha value is -2.32. The number of pyridine rings is 1. The van der Waals surface area contributed by atoms with E-state index in [9.17, 15) is 5.26 Å². The lowest BCUT2D eigenvalue weighted by molar-refractivity contribution is 0.415. The minimum Gasteiger partial charge on any atom is -0.497 e. The number of nitriles is 1. The fourth-order valence-electron chi connectivity index (χ4n) is 2.08. The molecule has 0 fully saturated rings. The summed E-state index contributed by atoms with van der Waals surface area (Å²) in [5.74, 6) is 0.777. The van der Waals surface area contributed by atoms with Gasteiger partial charge < -0.3 is 4.74 Å². The van der Waals surface area contributed by atoms with E-state index in [0.29, 0.717) is 11.3 Å². The van der Waals surface area contributed by atoms with Crippen molar-refractivity contribution in [2.24, 2.45) is 0 Å². The number of halogens is 1. The fraction of sp³-hybridized carbons (Fsp3) is 0.0667. The van der Waals surface area contributed by atoms with E-state index >= 15 is 0 Å². The van der Waals surface area contributed by atoms with Crippen molar-refractivity contribution in [1.82, 2.24) is 9.61 Å². The third-order valence-electron chi connectivity index (χ3n) is 3.07. The minimum atomic E-state index is 0.566. The molecule has 2 aromatic heterocycles. The Morgan fingerprint density at radius 3 is 2.65 bits per heavy atom. The molecule has 3 rings (SSSR count). The predicted octanol–water partition coefficient (Wildman–Crippen LogP) is 3.64. The first-order valence-corrected chi connectivity index (χ1v) is 6.74. The Kier molecular flexibility index (Phi) is 3.17. The van der Waals surface area contributed by atoms with Crippen LogP contribution in [0.3, 0.4) is 0 Å². The Labute approximate surface area is 124 Å². The van der Waals surface area contributed by atoms with E-state index in [-0.39, 0.29) is 0 Å². The van der Waals surface area contributed by atoms with E-state index in [4.69, 9.17) is 4.74 Å². The summed E-state index contributed by atoms with van der Waals surface area (Å²) in [5.41, 5.74) is 2.92. The van der Waals surface area contributed by atoms with Gasteiger partial charge in [-0.3, -0.25) is 0 Å². The van der Waals surface area contributed by atoms with Gasteiger partial charge in [-0.25, -0.2) is 4.52 Å². The lowest BCUT2D eigenvalue weighted by atomic mass is 10.1. The van der Waals surface area contributed by atoms with Crippen LogP contribution in [0.25, 0.3) is 16.8 Å². The van der Waals surface area contributed by atoms with Crippen LogP contribution in [0, 0.1) is 11.3 Å². The molecule has 0 unspecified atom stereocenters. The van der Waals surface area contributed by atoms with Crippen LogP contribution in [0.15, 0.2) is 47.1 Å². The van der Waals surface area contributed by atoms with Crippen molar-refractivity contribution >= 4 is 21.4 Å². The molecular formula is C15H10BrN3O. The highest BCUT2D eigenvalue weighted by molar-refractivity contribution is 9.10. The highest BCUT2D eigenvalue weighted by atomic mass is 79.9. The zero-order chi connectivity index (χ0) is 14.1. The second-order valence-corrected chi connectivity index (χ2v) is 5.15. The van der Waals surface area contributed by atoms with Crippen molar-refractivity contribution in [3.8, 4) is 23.1 Å². The Morgan fingerprint density at radius 2 is 2.00 bits per heavy atom. The van der Waals surface area contributed by atoms with E-state index in [1.165, 1.54) is 0 Å². The van der Waals surface area contributed by atoms with Crippen molar-refractivity contribution in [3.63, 3.8) is 0 Å². The molecule has 0 amide bonds. The van der Waals surface area contributed by atoms with Gasteiger partial charge in [-0.05, 0) is 36.4 Å². The number of hydrogen-bond acceptors (Lipinski definition) is 3. The zero-order valence-electron chi connectivity index (χ0n) is 10.7. The van der Waals surface area contributed by atoms with E-state index in [1.54, 1.807) is 11.6 Å². The van der Waals surface area contributed by atoms with Crippen LogP contribution in [0.4, 0.5) is 0 Å². The quantitative estimate of drug-likeness (QED) is 0.722. The summed E-state index contributed by atoms with van der Waals surface area (Å²) in [6, 6.07) is 13.5. The van der Waals surface area contributed by atoms with Crippen LogP contribution in [0.1, 0.15) is 5.56 Å². The number of hydrogen-bond donors (Lipinski definition) is 0. The summed E-state index contributed by atoms with van der Waals surface area (Å²) in [6.45, 7) is 0. The molecule has 5 heteroatoms. The summed E-state index contributed by atoms with van der Waals surface area (Å²) in [7, 11) is 1.62. The van der Waals surface area contributed by atoms with Crippen molar-refractivity contribution < 1.29 is 4.74 Å². The van der Waals surface area contributed by atoms with Gasteiger partial charge in [-0.15, -0.1) is 0 Å². The molecule has 0 spiro atoms. The lowest BCUT2D eigenvalue weighted by Gasteiger charge is -2.00. The van der Waals surface area contributed by atoms with Gasteiger partial charge in [-0.1, -0.05) is 15.9 Å². The summed E-state index contributed by atoms with van der Waals surface area (Å²) in [4.78, 5) is 0. The molecule has 0 aliphatic rings. The maximum atomic E-state index is 9.41. The molecule has 0 radical (unpaired) electrons. The average molecular weight is 328 g/mol. The van der Waals surface area contributed by atoms with Crippen molar-refractivity contribution in [1.29, 1.82) is 5.26 Å². The maximum absolute atomic E-state index is 9.41. The van der Waals surface area contributed by atoms with E-state index < -0.39 is 0 Å². The third kappa shape index (κ3) is 2.04. The highest BCUT2D eigenvalue weighted by Gasteiger charge is 2.14. The van der Waals surface area contributed by atoms with Gasteiger partial charge in [0, 0.05) is 16.2 Å². The number of fused-ring (bicyclic) bond motifs is 1. The van der Waals surface area contributed by atoms with Crippen LogP contribution in [0.5, 0.6) is 5.75 Å². The SMILES string of the molecule is COc1ccc(-c2nn3ccc(Br)cc3c2C#N)cc1. The average Bonchev–Trinajstić information content (AvgIpc) is 2.85. The number of aromatic nitrogens is 2. The van der Waals surface area contributed by atoms with Gasteiger partial charge in [0.15, 0.2) is 0 Å². The number of nitrogens with zero attached hydrogens (tertiary/aromatic N) is 3. The molecular weight excluding hydrogens is 318 g/mol. The highest BCUT2D eigenvalue weighted by Crippen LogP contribution is 2.28. The van der Waals surface area contributed by atoms with Crippen LogP contribution >= 0.6 is 15.9 Å². The topological polar surface area (TPSA) is 50.3 Å². The summed E-state index contributed by atoms with van der Waals surface area (Å²) in [5, 5.41) is 13.9. The molecule has 0 aliphatic heterocycles. The van der Waals surface area contributed by atoms with E-state index in [2.05, 4.69) is 27.1 Å². The molecule has 0 bridgehead atoms. The van der Waals surface area contributed by atoms with Crippen LogP contribution in [-0.4, -0.2) is 16.7 Å². The largest absolute Gasteiger partial charge is 0.497 e. The molecule has 0 aliphatic carbocycles. The molecule has 20 heavy (non-hydrogen) atoms. The first-order chi connectivity index (χ1) is 9.72. The Balaban J connectivity index is 2.22. The molecule has 98 valence electrons. The molecule has 3 aromatic rings. The normalized spacial score (nSPS) is 10.4. The van der Waals surface area contributed by atoms with Gasteiger partial charge in [-0.2, -0.15) is 10.4 Å². The standard InChI is InChI=1S/C15H10BrN3O/c1-20-12-4-2-10(3-5-12)15-13(9-17)14-8-11(16)6-7-19(14)18-15/h2-8H,1H3. The number of benzene rings is 1. The maximum Gasteiger partial charge on any atom is 0.118 e. The molecule has 2 heterocycles. The zero-order valence-corrected chi connectivity index (χ0v) is 12.3. The van der Waals surface area contributed by atoms with Gasteiger partial charge >= 0.3 is 0 Å². The summed E-state index contributed by atoms with van der Waals surface area (Å²) < 4.78 is 7.77. The number of methoxy groups -OCH3 is 1. The van der Waals surface area contributed by atoms with Crippen LogP contribution < -0.4 is 4.74 Å². The Morgan fingerprint density at radius 1 is 1.25 bits per heavy atom. The Bertz CT molecular complexity index is 815. The summed E-state index contributed by atoms with van der Waals surface area (Å²) in [6.07, 6.45) is 1.83. The second-order valence-electron chi connectivity index (χ2n) is 4.24. The minimum absolute atomic E-state index is 0.566. The monoisotopic (exact) mass is 327 g/mol. The molecule has 4 nitrogen and oxygen atoms in total. The van der Waals surface area contributed by atoms with Gasteiger partial charge in [0.05, 0.1) is 12.6 Å². The second kappa shape index (κ2) is 4.99. The molecule has 0 saturated carbocycles. The van der Waals surface area contributed by atoms with Crippen molar-refractivity contribution in [2.45, 2.75) is 0 Å². The molecule has 1 aromatic carbocycles. The van der Waals surface area contributed by atoms with Crippen LogP contribution in [0.2, 0.25) is 0 Å². The molecule has 0 N–H and O–H groups in total. The van der Waals surface area contributed by atoms with Gasteiger partial charge in [0.1, 0.15) is 23.1 Å². The van der Waals surface area contributed by atoms with Gasteiger partial charge in [0.25, 0.3) is 0 Å². The van der Waals surface area contributed by atoms with Crippen molar-refractivity contribution in [2.75, 3.05) is 7.11 Å². The molecule has 0 saturated heterocycles. The third-order valence-corrected chi connectivity index (χ3v) is 3.57. The number of rotatable bonds is 2. The predicted molar refractivity (Wildman–Crippen MR) is 79.6 cm³/mol.